The zero-order valence-corrected chi connectivity index (χ0v) is 12.0. The molecule has 3 aliphatic rings. The highest BCUT2D eigenvalue weighted by Gasteiger charge is 2.58. The molecule has 2 fully saturated rings. The second-order valence-corrected chi connectivity index (χ2v) is 7.18. The number of fused-ring (bicyclic) bond motifs is 5. The van der Waals surface area contributed by atoms with Gasteiger partial charge in [-0.3, -0.25) is 4.79 Å². The van der Waals surface area contributed by atoms with Gasteiger partial charge in [-0.1, -0.05) is 31.2 Å². The van der Waals surface area contributed by atoms with Gasteiger partial charge in [-0.2, -0.15) is 0 Å². The summed E-state index contributed by atoms with van der Waals surface area (Å²) in [5.41, 5.74) is 2.71. The Morgan fingerprint density at radius 2 is 2.05 bits per heavy atom. The van der Waals surface area contributed by atoms with Gasteiger partial charge in [0.2, 0.25) is 0 Å². The van der Waals surface area contributed by atoms with E-state index in [-0.39, 0.29) is 11.3 Å². The fourth-order valence-corrected chi connectivity index (χ4v) is 5.36. The molecule has 0 saturated heterocycles. The average Bonchev–Trinajstić information content (AvgIpc) is 2.69. The smallest absolute Gasteiger partial charge is 0.141 e. The lowest BCUT2D eigenvalue weighted by Gasteiger charge is -2.49. The zero-order chi connectivity index (χ0) is 13.9. The van der Waals surface area contributed by atoms with Gasteiger partial charge in [-0.25, -0.2) is 0 Å². The standard InChI is InChI=1S/C18H22O2/c1-18-9-8-13-12-5-3-2-4-11(12)6-7-14(13)17(18)15(19)10-16(18)20/h2-5,13-15,17,19H,6-10H2,1H3/t13-,14-,15?,17-,18-/m1/s1. The normalized spacial score (nSPS) is 42.8. The molecule has 1 aromatic rings. The van der Waals surface area contributed by atoms with E-state index in [0.717, 1.165) is 25.7 Å². The van der Waals surface area contributed by atoms with Crippen molar-refractivity contribution in [3.05, 3.63) is 35.4 Å². The van der Waals surface area contributed by atoms with E-state index in [1.165, 1.54) is 11.1 Å². The Kier molecular flexibility index (Phi) is 2.62. The van der Waals surface area contributed by atoms with Crippen molar-refractivity contribution in [3.63, 3.8) is 0 Å². The van der Waals surface area contributed by atoms with Gasteiger partial charge in [-0.05, 0) is 48.6 Å². The lowest BCUT2D eigenvalue weighted by atomic mass is 9.55. The summed E-state index contributed by atoms with van der Waals surface area (Å²) in [7, 11) is 0. The fraction of sp³-hybridized carbons (Fsp3) is 0.611. The monoisotopic (exact) mass is 270 g/mol. The fourth-order valence-electron chi connectivity index (χ4n) is 5.36. The molecule has 3 aliphatic carbocycles. The van der Waals surface area contributed by atoms with Gasteiger partial charge < -0.3 is 5.11 Å². The molecule has 2 saturated carbocycles. The Hall–Kier alpha value is -1.15. The summed E-state index contributed by atoms with van der Waals surface area (Å²) < 4.78 is 0. The van der Waals surface area contributed by atoms with Crippen LogP contribution in [0.4, 0.5) is 0 Å². The van der Waals surface area contributed by atoms with E-state index < -0.39 is 6.10 Å². The predicted molar refractivity (Wildman–Crippen MR) is 77.5 cm³/mol. The molecule has 0 radical (unpaired) electrons. The van der Waals surface area contributed by atoms with Gasteiger partial charge in [0.15, 0.2) is 0 Å². The molecule has 106 valence electrons. The van der Waals surface area contributed by atoms with Gasteiger partial charge in [0.1, 0.15) is 5.78 Å². The minimum Gasteiger partial charge on any atom is -0.392 e. The summed E-state index contributed by atoms with van der Waals surface area (Å²) in [6.45, 7) is 2.10. The van der Waals surface area contributed by atoms with Gasteiger partial charge in [0, 0.05) is 17.8 Å². The Bertz CT molecular complexity index is 564. The van der Waals surface area contributed by atoms with Crippen molar-refractivity contribution in [2.45, 2.75) is 51.0 Å². The highest BCUT2D eigenvalue weighted by molar-refractivity contribution is 5.88. The maximum atomic E-state index is 12.3. The number of hydrogen-bond donors (Lipinski definition) is 1. The molecule has 2 nitrogen and oxygen atoms in total. The molecule has 0 amide bonds. The van der Waals surface area contributed by atoms with Crippen molar-refractivity contribution in [2.75, 3.05) is 0 Å². The van der Waals surface area contributed by atoms with Crippen LogP contribution in [0.15, 0.2) is 24.3 Å². The number of hydrogen-bond acceptors (Lipinski definition) is 2. The number of rotatable bonds is 0. The van der Waals surface area contributed by atoms with Gasteiger partial charge in [-0.15, -0.1) is 0 Å². The molecule has 0 heterocycles. The minimum absolute atomic E-state index is 0.183. The molecule has 2 heteroatoms. The number of ketones is 1. The molecular weight excluding hydrogens is 248 g/mol. The first-order valence-electron chi connectivity index (χ1n) is 7.90. The quantitative estimate of drug-likeness (QED) is 0.786. The molecule has 0 aromatic heterocycles. The average molecular weight is 270 g/mol. The molecule has 0 spiro atoms. The summed E-state index contributed by atoms with van der Waals surface area (Å²) in [6.07, 6.45) is 4.25. The highest BCUT2D eigenvalue weighted by atomic mass is 16.3. The lowest BCUT2D eigenvalue weighted by molar-refractivity contribution is -0.129. The van der Waals surface area contributed by atoms with E-state index >= 15 is 0 Å². The Morgan fingerprint density at radius 3 is 2.90 bits per heavy atom. The Morgan fingerprint density at radius 1 is 1.25 bits per heavy atom. The maximum Gasteiger partial charge on any atom is 0.141 e. The van der Waals surface area contributed by atoms with E-state index in [1.54, 1.807) is 0 Å². The Balaban J connectivity index is 1.76. The van der Waals surface area contributed by atoms with Crippen molar-refractivity contribution < 1.29 is 9.90 Å². The van der Waals surface area contributed by atoms with E-state index in [0.29, 0.717) is 24.0 Å². The van der Waals surface area contributed by atoms with Crippen LogP contribution in [0.2, 0.25) is 0 Å². The SMILES string of the molecule is C[C@]12CC[C@@H]3c4ccccc4CC[C@H]3[C@@H]1C(O)CC2=O. The first-order valence-corrected chi connectivity index (χ1v) is 7.90. The molecule has 0 bridgehead atoms. The lowest BCUT2D eigenvalue weighted by Crippen LogP contribution is -2.45. The third kappa shape index (κ3) is 1.52. The van der Waals surface area contributed by atoms with E-state index in [1.807, 2.05) is 0 Å². The summed E-state index contributed by atoms with van der Waals surface area (Å²) in [6, 6.07) is 8.76. The third-order valence-corrected chi connectivity index (χ3v) is 6.34. The van der Waals surface area contributed by atoms with Crippen LogP contribution in [-0.2, 0) is 11.2 Å². The van der Waals surface area contributed by atoms with Gasteiger partial charge in [0.25, 0.3) is 0 Å². The van der Waals surface area contributed by atoms with Crippen LogP contribution < -0.4 is 0 Å². The largest absolute Gasteiger partial charge is 0.392 e. The van der Waals surface area contributed by atoms with E-state index in [2.05, 4.69) is 31.2 Å². The van der Waals surface area contributed by atoms with Crippen LogP contribution in [0.25, 0.3) is 0 Å². The molecule has 4 rings (SSSR count). The molecule has 1 aromatic carbocycles. The van der Waals surface area contributed by atoms with Gasteiger partial charge >= 0.3 is 0 Å². The number of Topliss-reactive ketones (excluding diaryl/α,β-unsaturated/α-hetero) is 1. The van der Waals surface area contributed by atoms with Crippen molar-refractivity contribution in [2.24, 2.45) is 17.3 Å². The Labute approximate surface area is 120 Å². The zero-order valence-electron chi connectivity index (χ0n) is 12.0. The number of carbonyl (C=O) groups excluding carboxylic acids is 1. The van der Waals surface area contributed by atoms with Crippen LogP contribution in [0.1, 0.15) is 49.7 Å². The van der Waals surface area contributed by atoms with Crippen LogP contribution in [0.3, 0.4) is 0 Å². The van der Waals surface area contributed by atoms with Crippen molar-refractivity contribution in [3.8, 4) is 0 Å². The molecular formula is C18H22O2. The second kappa shape index (κ2) is 4.17. The van der Waals surface area contributed by atoms with Crippen molar-refractivity contribution in [1.82, 2.24) is 0 Å². The summed E-state index contributed by atoms with van der Waals surface area (Å²) in [5.74, 6) is 1.53. The van der Waals surface area contributed by atoms with Crippen LogP contribution in [0, 0.1) is 17.3 Å². The molecule has 1 unspecified atom stereocenters. The number of carbonyl (C=O) groups is 1. The number of aliphatic hydroxyl groups is 1. The summed E-state index contributed by atoms with van der Waals surface area (Å²) in [5, 5.41) is 10.4. The van der Waals surface area contributed by atoms with Gasteiger partial charge in [0.05, 0.1) is 6.10 Å². The maximum absolute atomic E-state index is 12.3. The van der Waals surface area contributed by atoms with Crippen LogP contribution in [-0.4, -0.2) is 17.0 Å². The first-order chi connectivity index (χ1) is 9.61. The number of aryl methyl sites for hydroxylation is 1. The number of benzene rings is 1. The van der Waals surface area contributed by atoms with Crippen molar-refractivity contribution in [1.29, 1.82) is 0 Å². The highest BCUT2D eigenvalue weighted by Crippen LogP contribution is 2.59. The molecule has 5 atom stereocenters. The molecule has 0 aliphatic heterocycles. The first kappa shape index (κ1) is 12.6. The van der Waals surface area contributed by atoms with Crippen LogP contribution >= 0.6 is 0 Å². The summed E-state index contributed by atoms with van der Waals surface area (Å²) >= 11 is 0. The number of aliphatic hydroxyl groups excluding tert-OH is 1. The topological polar surface area (TPSA) is 37.3 Å². The van der Waals surface area contributed by atoms with E-state index in [4.69, 9.17) is 0 Å². The van der Waals surface area contributed by atoms with Crippen LogP contribution in [0.5, 0.6) is 0 Å². The molecule has 1 N–H and O–H groups in total. The molecule has 20 heavy (non-hydrogen) atoms. The summed E-state index contributed by atoms with van der Waals surface area (Å²) in [4.78, 5) is 12.3. The second-order valence-electron chi connectivity index (χ2n) is 7.18. The van der Waals surface area contributed by atoms with E-state index in [9.17, 15) is 9.90 Å². The minimum atomic E-state index is -0.412. The van der Waals surface area contributed by atoms with Crippen molar-refractivity contribution >= 4 is 5.78 Å². The predicted octanol–water partition coefficient (Wildman–Crippen LogP) is 3.08. The third-order valence-electron chi connectivity index (χ3n) is 6.34.